The number of rotatable bonds is 5. The van der Waals surface area contributed by atoms with Crippen LogP contribution >= 0.6 is 0 Å². The summed E-state index contributed by atoms with van der Waals surface area (Å²) in [6.45, 7) is 2.07. The Hall–Kier alpha value is -3.32. The number of hydrogen-bond donors (Lipinski definition) is 1. The van der Waals surface area contributed by atoms with Crippen molar-refractivity contribution in [2.45, 2.75) is 37.7 Å². The lowest BCUT2D eigenvalue weighted by molar-refractivity contribution is -0.142. The molecular weight excluding hydrogens is 402 g/mol. The molecule has 0 saturated carbocycles. The number of pyridine rings is 1. The van der Waals surface area contributed by atoms with E-state index in [1.807, 2.05) is 59.6 Å². The zero-order chi connectivity index (χ0) is 21.8. The molecule has 1 amide bonds. The smallest absolute Gasteiger partial charge is 0.251 e. The highest BCUT2D eigenvalue weighted by atomic mass is 16.5. The predicted molar refractivity (Wildman–Crippen MR) is 123 cm³/mol. The number of piperidine rings is 1. The van der Waals surface area contributed by atoms with E-state index >= 15 is 0 Å². The lowest BCUT2D eigenvalue weighted by Crippen LogP contribution is -2.44. The molecule has 5 rings (SSSR count). The van der Waals surface area contributed by atoms with E-state index < -0.39 is 0 Å². The van der Waals surface area contributed by atoms with Crippen LogP contribution in [0.2, 0.25) is 0 Å². The lowest BCUT2D eigenvalue weighted by Gasteiger charge is -2.33. The van der Waals surface area contributed by atoms with Gasteiger partial charge in [-0.05, 0) is 49.9 Å². The zero-order valence-electron chi connectivity index (χ0n) is 18.0. The Balaban J connectivity index is 1.44. The molecule has 164 valence electrons. The molecule has 7 nitrogen and oxygen atoms in total. The molecule has 0 bridgehead atoms. The van der Waals surface area contributed by atoms with Gasteiger partial charge in [-0.15, -0.1) is 0 Å². The third kappa shape index (κ3) is 4.62. The van der Waals surface area contributed by atoms with E-state index in [1.54, 1.807) is 6.20 Å². The van der Waals surface area contributed by atoms with Gasteiger partial charge in [0.05, 0.1) is 5.69 Å². The van der Waals surface area contributed by atoms with E-state index in [4.69, 9.17) is 14.7 Å². The van der Waals surface area contributed by atoms with Crippen LogP contribution in [0.1, 0.15) is 37.4 Å². The molecule has 2 aromatic heterocycles. The van der Waals surface area contributed by atoms with E-state index in [0.717, 1.165) is 60.8 Å². The van der Waals surface area contributed by atoms with Crippen molar-refractivity contribution in [1.29, 1.82) is 0 Å². The van der Waals surface area contributed by atoms with Gasteiger partial charge in [-0.1, -0.05) is 18.2 Å². The first kappa shape index (κ1) is 20.6. The molecule has 32 heavy (non-hydrogen) atoms. The van der Waals surface area contributed by atoms with Gasteiger partial charge in [0.1, 0.15) is 17.7 Å². The van der Waals surface area contributed by atoms with Crippen LogP contribution in [-0.2, 0) is 9.53 Å². The highest BCUT2D eigenvalue weighted by Crippen LogP contribution is 2.30. The first-order chi connectivity index (χ1) is 15.8. The molecule has 2 aliphatic rings. The van der Waals surface area contributed by atoms with Gasteiger partial charge in [0, 0.05) is 55.3 Å². The zero-order valence-corrected chi connectivity index (χ0v) is 18.0. The monoisotopic (exact) mass is 429 g/mol. The van der Waals surface area contributed by atoms with Crippen molar-refractivity contribution in [3.05, 3.63) is 66.7 Å². The van der Waals surface area contributed by atoms with E-state index in [0.29, 0.717) is 13.2 Å². The van der Waals surface area contributed by atoms with Crippen molar-refractivity contribution >= 4 is 17.4 Å². The largest absolute Gasteiger partial charge is 0.368 e. The average Bonchev–Trinajstić information content (AvgIpc) is 3.40. The summed E-state index contributed by atoms with van der Waals surface area (Å²) in [5.74, 6) is 1.69. The van der Waals surface area contributed by atoms with Gasteiger partial charge in [-0.2, -0.15) is 0 Å². The molecule has 3 aromatic rings. The number of hydrogen-bond acceptors (Lipinski definition) is 6. The maximum absolute atomic E-state index is 12.9. The van der Waals surface area contributed by atoms with Crippen LogP contribution in [-0.4, -0.2) is 51.6 Å². The fraction of sp³-hybridized carbons (Fsp3) is 0.360. The van der Waals surface area contributed by atoms with Crippen molar-refractivity contribution in [1.82, 2.24) is 19.9 Å². The van der Waals surface area contributed by atoms with Gasteiger partial charge >= 0.3 is 0 Å². The first-order valence-corrected chi connectivity index (χ1v) is 11.3. The number of ether oxygens (including phenoxy) is 1. The van der Waals surface area contributed by atoms with Crippen LogP contribution in [0.25, 0.3) is 11.3 Å². The standard InChI is InChI=1S/C25H27N5O2/c31-25(22-11-6-14-32-22)30-13-5-8-19(17-30)24-28-21(18-7-4-12-26-16-18)15-23(29-24)27-20-9-2-1-3-10-20/h1-4,7,9-10,12,15-16,19,22H,5-6,8,11,13-14,17H2,(H,27,28,29)/t19-,22-/m0/s1. The van der Waals surface area contributed by atoms with Gasteiger partial charge in [-0.3, -0.25) is 9.78 Å². The number of carbonyl (C=O) groups is 1. The van der Waals surface area contributed by atoms with Crippen molar-refractivity contribution in [2.24, 2.45) is 0 Å². The van der Waals surface area contributed by atoms with Gasteiger partial charge in [0.15, 0.2) is 0 Å². The summed E-state index contributed by atoms with van der Waals surface area (Å²) in [5, 5.41) is 3.40. The number of para-hydroxylation sites is 1. The van der Waals surface area contributed by atoms with Gasteiger partial charge in [0.2, 0.25) is 0 Å². The molecule has 7 heteroatoms. The number of benzene rings is 1. The van der Waals surface area contributed by atoms with E-state index in [1.165, 1.54) is 0 Å². The van der Waals surface area contributed by atoms with E-state index in [2.05, 4.69) is 10.3 Å². The second kappa shape index (κ2) is 9.44. The topological polar surface area (TPSA) is 80.2 Å². The number of nitrogens with zero attached hydrogens (tertiary/aromatic N) is 4. The second-order valence-corrected chi connectivity index (χ2v) is 8.35. The molecule has 0 spiro atoms. The molecule has 0 radical (unpaired) electrons. The molecule has 0 aliphatic carbocycles. The normalized spacial score (nSPS) is 20.8. The quantitative estimate of drug-likeness (QED) is 0.656. The van der Waals surface area contributed by atoms with E-state index in [-0.39, 0.29) is 17.9 Å². The van der Waals surface area contributed by atoms with E-state index in [9.17, 15) is 4.79 Å². The molecule has 2 atom stereocenters. The number of amides is 1. The van der Waals surface area contributed by atoms with Crippen LogP contribution in [0, 0.1) is 0 Å². The third-order valence-corrected chi connectivity index (χ3v) is 6.05. The molecule has 2 fully saturated rings. The van der Waals surface area contributed by atoms with Crippen LogP contribution in [0.4, 0.5) is 11.5 Å². The number of carbonyl (C=O) groups excluding carboxylic acids is 1. The third-order valence-electron chi connectivity index (χ3n) is 6.05. The fourth-order valence-corrected chi connectivity index (χ4v) is 4.41. The Labute approximate surface area is 187 Å². The number of aromatic nitrogens is 3. The van der Waals surface area contributed by atoms with Crippen LogP contribution < -0.4 is 5.32 Å². The minimum atomic E-state index is -0.285. The number of anilines is 2. The summed E-state index contributed by atoms with van der Waals surface area (Å²) in [7, 11) is 0. The molecule has 1 N–H and O–H groups in total. The van der Waals surface area contributed by atoms with Gasteiger partial charge < -0.3 is 15.0 Å². The van der Waals surface area contributed by atoms with Gasteiger partial charge in [-0.25, -0.2) is 9.97 Å². The summed E-state index contributed by atoms with van der Waals surface area (Å²) >= 11 is 0. The molecule has 1 aromatic carbocycles. The molecule has 4 heterocycles. The SMILES string of the molecule is O=C([C@@H]1CCCO1)N1CCC[C@H](c2nc(Nc3ccccc3)cc(-c3cccnc3)n2)C1. The molecule has 2 saturated heterocycles. The fourth-order valence-electron chi connectivity index (χ4n) is 4.41. The average molecular weight is 430 g/mol. The van der Waals surface area contributed by atoms with Crippen LogP contribution in [0.5, 0.6) is 0 Å². The number of likely N-dealkylation sites (tertiary alicyclic amines) is 1. The number of nitrogens with one attached hydrogen (secondary N) is 1. The Bertz CT molecular complexity index is 1050. The minimum Gasteiger partial charge on any atom is -0.368 e. The highest BCUT2D eigenvalue weighted by molar-refractivity contribution is 5.81. The lowest BCUT2D eigenvalue weighted by atomic mass is 9.96. The maximum atomic E-state index is 12.9. The van der Waals surface area contributed by atoms with Crippen LogP contribution in [0.3, 0.4) is 0 Å². The Morgan fingerprint density at radius 3 is 2.75 bits per heavy atom. The first-order valence-electron chi connectivity index (χ1n) is 11.3. The van der Waals surface area contributed by atoms with Crippen molar-refractivity contribution in [2.75, 3.05) is 25.0 Å². The molecular formula is C25H27N5O2. The molecule has 0 unspecified atom stereocenters. The van der Waals surface area contributed by atoms with Crippen molar-refractivity contribution < 1.29 is 9.53 Å². The Morgan fingerprint density at radius 1 is 1.06 bits per heavy atom. The minimum absolute atomic E-state index is 0.0852. The maximum Gasteiger partial charge on any atom is 0.251 e. The summed E-state index contributed by atoms with van der Waals surface area (Å²) in [5.41, 5.74) is 2.73. The summed E-state index contributed by atoms with van der Waals surface area (Å²) in [6, 6.07) is 15.8. The highest BCUT2D eigenvalue weighted by Gasteiger charge is 2.33. The summed E-state index contributed by atoms with van der Waals surface area (Å²) in [4.78, 5) is 28.9. The van der Waals surface area contributed by atoms with Crippen LogP contribution in [0.15, 0.2) is 60.9 Å². The Morgan fingerprint density at radius 2 is 1.97 bits per heavy atom. The van der Waals surface area contributed by atoms with Gasteiger partial charge in [0.25, 0.3) is 5.91 Å². The summed E-state index contributed by atoms with van der Waals surface area (Å²) < 4.78 is 5.63. The Kier molecular flexibility index (Phi) is 6.07. The predicted octanol–water partition coefficient (Wildman–Crippen LogP) is 4.17. The van der Waals surface area contributed by atoms with Crippen molar-refractivity contribution in [3.8, 4) is 11.3 Å². The summed E-state index contributed by atoms with van der Waals surface area (Å²) in [6.07, 6.45) is 6.95. The molecule has 2 aliphatic heterocycles. The van der Waals surface area contributed by atoms with Crippen molar-refractivity contribution in [3.63, 3.8) is 0 Å². The second-order valence-electron chi connectivity index (χ2n) is 8.35.